The molecule has 35 heavy (non-hydrogen) atoms. The molecule has 0 unspecified atom stereocenters. The van der Waals surface area contributed by atoms with Crippen LogP contribution in [0.4, 0.5) is 0 Å². The summed E-state index contributed by atoms with van der Waals surface area (Å²) in [6.45, 7) is 1.20. The summed E-state index contributed by atoms with van der Waals surface area (Å²) in [5, 5.41) is 0.943. The molecule has 2 heterocycles. The Labute approximate surface area is 207 Å². The molecule has 7 rings (SSSR count). The number of likely N-dealkylation sites (tertiary alicyclic amines) is 1. The Morgan fingerprint density at radius 3 is 2.69 bits per heavy atom. The number of benzene rings is 3. The Hall–Kier alpha value is -3.24. The average Bonchev–Trinajstić information content (AvgIpc) is 2.91. The van der Waals surface area contributed by atoms with E-state index in [1.807, 2.05) is 48.5 Å². The van der Waals surface area contributed by atoms with E-state index in [0.717, 1.165) is 34.6 Å². The summed E-state index contributed by atoms with van der Waals surface area (Å²) >= 11 is 0. The molecule has 3 aliphatic rings. The lowest BCUT2D eigenvalue weighted by molar-refractivity contribution is 0.00276. The Bertz CT molecular complexity index is 1400. The van der Waals surface area contributed by atoms with Gasteiger partial charge in [0, 0.05) is 17.0 Å². The summed E-state index contributed by atoms with van der Waals surface area (Å²) in [5.74, 6) is 2.98. The van der Waals surface area contributed by atoms with Crippen molar-refractivity contribution in [3.05, 3.63) is 83.9 Å². The van der Waals surface area contributed by atoms with Gasteiger partial charge in [0.1, 0.15) is 5.75 Å². The Morgan fingerprint density at radius 1 is 0.914 bits per heavy atom. The van der Waals surface area contributed by atoms with Crippen LogP contribution in [0.5, 0.6) is 11.6 Å². The third kappa shape index (κ3) is 3.38. The second kappa shape index (κ2) is 8.17. The molecule has 4 aromatic rings. The minimum atomic E-state index is 0.311. The van der Waals surface area contributed by atoms with Crippen molar-refractivity contribution in [2.45, 2.75) is 50.0 Å². The zero-order chi connectivity index (χ0) is 23.4. The van der Waals surface area contributed by atoms with E-state index in [0.29, 0.717) is 23.2 Å². The number of ether oxygens (including phenoxy) is 1. The van der Waals surface area contributed by atoms with Crippen molar-refractivity contribution >= 4 is 10.9 Å². The first kappa shape index (κ1) is 21.1. The van der Waals surface area contributed by atoms with Crippen LogP contribution < -0.4 is 4.74 Å². The summed E-state index contributed by atoms with van der Waals surface area (Å²) in [6, 6.07) is 25.8. The van der Waals surface area contributed by atoms with Gasteiger partial charge in [-0.25, -0.2) is 4.98 Å². The molecular formula is C31H31N3O. The molecule has 1 aromatic heterocycles. The number of hydrogen-bond donors (Lipinski definition) is 0. The second-order valence-electron chi connectivity index (χ2n) is 10.7. The molecule has 1 saturated carbocycles. The van der Waals surface area contributed by atoms with Crippen molar-refractivity contribution in [2.24, 2.45) is 5.92 Å². The van der Waals surface area contributed by atoms with Crippen LogP contribution in [0.2, 0.25) is 0 Å². The lowest BCUT2D eigenvalue weighted by Crippen LogP contribution is -2.59. The molecule has 2 bridgehead atoms. The molecule has 2 aliphatic carbocycles. The van der Waals surface area contributed by atoms with E-state index in [2.05, 4.69) is 36.2 Å². The van der Waals surface area contributed by atoms with Gasteiger partial charge in [0.25, 0.3) is 0 Å². The fourth-order valence-corrected chi connectivity index (χ4v) is 7.19. The second-order valence-corrected chi connectivity index (χ2v) is 10.7. The van der Waals surface area contributed by atoms with Crippen molar-refractivity contribution in [3.8, 4) is 23.0 Å². The van der Waals surface area contributed by atoms with E-state index in [9.17, 15) is 0 Å². The summed E-state index contributed by atoms with van der Waals surface area (Å²) in [6.07, 6.45) is 7.80. The van der Waals surface area contributed by atoms with Crippen LogP contribution in [0.25, 0.3) is 22.3 Å². The third-order valence-electron chi connectivity index (χ3n) is 8.90. The van der Waals surface area contributed by atoms with E-state index in [4.69, 9.17) is 14.7 Å². The molecule has 1 saturated heterocycles. The van der Waals surface area contributed by atoms with Crippen molar-refractivity contribution < 1.29 is 4.74 Å². The largest absolute Gasteiger partial charge is 0.438 e. The standard InChI is InChI=1S/C31H31N3O/c1-34-18-17-31-16-8-7-12-25(31)28(34)19-22-14-15-23(20-26(22)31)35-30-24-11-5-6-13-27(24)32-29(33-30)21-9-3-2-4-10-21/h2-6,9-11,13-15,20,25,28H,7-8,12,16-19H2,1H3/t25-,28+,31+/m0/s1. The van der Waals surface area contributed by atoms with Crippen LogP contribution in [0, 0.1) is 5.92 Å². The van der Waals surface area contributed by atoms with Crippen LogP contribution in [0.15, 0.2) is 72.8 Å². The maximum atomic E-state index is 6.59. The number of fused-ring (bicyclic) bond motifs is 2. The molecule has 0 spiro atoms. The minimum absolute atomic E-state index is 0.311. The zero-order valence-corrected chi connectivity index (χ0v) is 20.3. The first-order valence-electron chi connectivity index (χ1n) is 13.0. The smallest absolute Gasteiger partial charge is 0.230 e. The first-order valence-corrected chi connectivity index (χ1v) is 13.0. The molecular weight excluding hydrogens is 430 g/mol. The number of likely N-dealkylation sites (N-methyl/N-ethyl adjacent to an activating group) is 1. The lowest BCUT2D eigenvalue weighted by Gasteiger charge is -2.58. The Kier molecular flexibility index (Phi) is 4.92. The van der Waals surface area contributed by atoms with Gasteiger partial charge in [-0.2, -0.15) is 4.98 Å². The van der Waals surface area contributed by atoms with Crippen molar-refractivity contribution in [1.29, 1.82) is 0 Å². The van der Waals surface area contributed by atoms with Crippen LogP contribution in [-0.2, 0) is 11.8 Å². The molecule has 0 N–H and O–H groups in total. The molecule has 4 nitrogen and oxygen atoms in total. The average molecular weight is 462 g/mol. The maximum absolute atomic E-state index is 6.59. The van der Waals surface area contributed by atoms with E-state index in [-0.39, 0.29) is 0 Å². The fraction of sp³-hybridized carbons (Fsp3) is 0.355. The van der Waals surface area contributed by atoms with E-state index < -0.39 is 0 Å². The van der Waals surface area contributed by atoms with E-state index in [1.54, 1.807) is 5.56 Å². The highest BCUT2D eigenvalue weighted by molar-refractivity contribution is 5.85. The predicted octanol–water partition coefficient (Wildman–Crippen LogP) is 6.78. The van der Waals surface area contributed by atoms with E-state index in [1.165, 1.54) is 44.2 Å². The number of rotatable bonds is 3. The molecule has 0 amide bonds. The molecule has 4 heteroatoms. The minimum Gasteiger partial charge on any atom is -0.438 e. The maximum Gasteiger partial charge on any atom is 0.230 e. The SMILES string of the molecule is CN1CC[C@]23CCCC[C@H]2[C@H]1Cc1ccc(Oc2nc(-c4ccccc4)nc4ccccc24)cc13. The topological polar surface area (TPSA) is 38.2 Å². The van der Waals surface area contributed by atoms with Gasteiger partial charge in [-0.05, 0) is 80.6 Å². The number of nitrogens with zero attached hydrogens (tertiary/aromatic N) is 3. The summed E-state index contributed by atoms with van der Waals surface area (Å²) in [4.78, 5) is 12.3. The molecule has 3 aromatic carbocycles. The van der Waals surface area contributed by atoms with Gasteiger partial charge in [-0.1, -0.05) is 61.4 Å². The molecule has 2 fully saturated rings. The van der Waals surface area contributed by atoms with Crippen molar-refractivity contribution in [2.75, 3.05) is 13.6 Å². The van der Waals surface area contributed by atoms with Gasteiger partial charge < -0.3 is 9.64 Å². The normalized spacial score (nSPS) is 25.6. The molecule has 3 atom stereocenters. The molecule has 176 valence electrons. The highest BCUT2D eigenvalue weighted by Crippen LogP contribution is 2.56. The Morgan fingerprint density at radius 2 is 1.77 bits per heavy atom. The summed E-state index contributed by atoms with van der Waals surface area (Å²) in [7, 11) is 2.33. The van der Waals surface area contributed by atoms with Gasteiger partial charge in [-0.3, -0.25) is 0 Å². The van der Waals surface area contributed by atoms with Crippen LogP contribution in [-0.4, -0.2) is 34.5 Å². The zero-order valence-electron chi connectivity index (χ0n) is 20.3. The van der Waals surface area contributed by atoms with Crippen LogP contribution >= 0.6 is 0 Å². The summed E-state index contributed by atoms with van der Waals surface area (Å²) < 4.78 is 6.59. The highest BCUT2D eigenvalue weighted by atomic mass is 16.5. The third-order valence-corrected chi connectivity index (χ3v) is 8.90. The first-order chi connectivity index (χ1) is 17.2. The van der Waals surface area contributed by atoms with Gasteiger partial charge in [0.05, 0.1) is 10.9 Å². The van der Waals surface area contributed by atoms with Crippen molar-refractivity contribution in [3.63, 3.8) is 0 Å². The number of piperidine rings is 1. The monoisotopic (exact) mass is 461 g/mol. The van der Waals surface area contributed by atoms with Crippen molar-refractivity contribution in [1.82, 2.24) is 14.9 Å². The summed E-state index contributed by atoms with van der Waals surface area (Å²) in [5.41, 5.74) is 5.27. The van der Waals surface area contributed by atoms with Gasteiger partial charge in [0.15, 0.2) is 5.82 Å². The molecule has 0 radical (unpaired) electrons. The van der Waals surface area contributed by atoms with E-state index >= 15 is 0 Å². The highest BCUT2D eigenvalue weighted by Gasteiger charge is 2.53. The van der Waals surface area contributed by atoms with Crippen LogP contribution in [0.3, 0.4) is 0 Å². The van der Waals surface area contributed by atoms with Gasteiger partial charge in [0.2, 0.25) is 5.88 Å². The number of para-hydroxylation sites is 1. The van der Waals surface area contributed by atoms with Gasteiger partial charge in [-0.15, -0.1) is 0 Å². The molecule has 1 aliphatic heterocycles. The van der Waals surface area contributed by atoms with Gasteiger partial charge >= 0.3 is 0 Å². The lowest BCUT2D eigenvalue weighted by atomic mass is 9.52. The fourth-order valence-electron chi connectivity index (χ4n) is 7.19. The quantitative estimate of drug-likeness (QED) is 0.337. The number of aromatic nitrogens is 2. The Balaban J connectivity index is 1.32. The number of hydrogen-bond acceptors (Lipinski definition) is 4. The predicted molar refractivity (Wildman–Crippen MR) is 140 cm³/mol. The van der Waals surface area contributed by atoms with Crippen LogP contribution in [0.1, 0.15) is 43.2 Å².